The number of anilines is 1. The molecule has 0 spiro atoms. The van der Waals surface area contributed by atoms with Gasteiger partial charge in [-0.2, -0.15) is 4.80 Å². The Morgan fingerprint density at radius 1 is 1.14 bits per heavy atom. The molecule has 9 heteroatoms. The number of tetrazole rings is 1. The maximum atomic E-state index is 12.5. The van der Waals surface area contributed by atoms with Crippen molar-refractivity contribution < 1.29 is 9.90 Å². The monoisotopic (exact) mass is 414 g/mol. The lowest BCUT2D eigenvalue weighted by atomic mass is 10.0. The molecule has 0 saturated heterocycles. The molecule has 8 nitrogen and oxygen atoms in total. The summed E-state index contributed by atoms with van der Waals surface area (Å²) in [6.45, 7) is 2.25. The molecule has 0 bridgehead atoms. The van der Waals surface area contributed by atoms with Gasteiger partial charge in [-0.1, -0.05) is 42.8 Å². The predicted molar refractivity (Wildman–Crippen MR) is 111 cm³/mol. The Morgan fingerprint density at radius 2 is 1.83 bits per heavy atom. The van der Waals surface area contributed by atoms with Crippen molar-refractivity contribution in [2.75, 3.05) is 11.9 Å². The number of amides is 2. The highest BCUT2D eigenvalue weighted by molar-refractivity contribution is 6.30. The molecule has 3 aromatic rings. The number of hydrogen-bond donors (Lipinski definition) is 3. The number of nitrogens with zero attached hydrogens (tertiary/aromatic N) is 4. The second-order valence-electron chi connectivity index (χ2n) is 6.50. The number of aliphatic hydroxyl groups excluding tert-OH is 1. The smallest absolute Gasteiger partial charge is 0.319 e. The Bertz CT molecular complexity index is 927. The SMILES string of the molecule is CCc1ccc(C[C@H](NC(=O)Nc2ccc(Cl)cc2)c2nnn(CCO)n2)cc1. The van der Waals surface area contributed by atoms with E-state index < -0.39 is 6.04 Å². The van der Waals surface area contributed by atoms with Gasteiger partial charge in [-0.3, -0.25) is 0 Å². The number of urea groups is 1. The van der Waals surface area contributed by atoms with E-state index in [0.717, 1.165) is 12.0 Å². The van der Waals surface area contributed by atoms with Crippen LogP contribution in [0.2, 0.25) is 5.02 Å². The Labute approximate surface area is 173 Å². The lowest BCUT2D eigenvalue weighted by molar-refractivity contribution is 0.247. The van der Waals surface area contributed by atoms with Crippen molar-refractivity contribution in [2.24, 2.45) is 0 Å². The van der Waals surface area contributed by atoms with E-state index in [1.165, 1.54) is 10.4 Å². The Balaban J connectivity index is 1.75. The molecule has 2 amide bonds. The van der Waals surface area contributed by atoms with Gasteiger partial charge < -0.3 is 15.7 Å². The minimum atomic E-state index is -0.484. The van der Waals surface area contributed by atoms with Crippen molar-refractivity contribution in [3.8, 4) is 0 Å². The fourth-order valence-corrected chi connectivity index (χ4v) is 2.92. The molecular formula is C20H23ClN6O2. The molecule has 1 heterocycles. The van der Waals surface area contributed by atoms with Gasteiger partial charge in [0, 0.05) is 17.1 Å². The third kappa shape index (κ3) is 6.00. The Kier molecular flexibility index (Phi) is 7.15. The lowest BCUT2D eigenvalue weighted by Gasteiger charge is -2.16. The molecule has 0 aliphatic rings. The van der Waals surface area contributed by atoms with Gasteiger partial charge in [-0.25, -0.2) is 4.79 Å². The highest BCUT2D eigenvalue weighted by Gasteiger charge is 2.20. The van der Waals surface area contributed by atoms with E-state index in [1.54, 1.807) is 24.3 Å². The third-order valence-electron chi connectivity index (χ3n) is 4.36. The molecule has 0 fully saturated rings. The molecule has 0 aliphatic heterocycles. The van der Waals surface area contributed by atoms with E-state index in [4.69, 9.17) is 16.7 Å². The zero-order chi connectivity index (χ0) is 20.6. The molecule has 0 saturated carbocycles. The summed E-state index contributed by atoms with van der Waals surface area (Å²) in [6.07, 6.45) is 1.46. The van der Waals surface area contributed by atoms with Crippen molar-refractivity contribution in [2.45, 2.75) is 32.4 Å². The number of halogens is 1. The van der Waals surface area contributed by atoms with Crippen molar-refractivity contribution >= 4 is 23.3 Å². The van der Waals surface area contributed by atoms with Gasteiger partial charge in [-0.05, 0) is 47.0 Å². The van der Waals surface area contributed by atoms with Gasteiger partial charge in [-0.15, -0.1) is 10.2 Å². The summed E-state index contributed by atoms with van der Waals surface area (Å²) in [5, 5.41) is 27.6. The average Bonchev–Trinajstić information content (AvgIpc) is 3.19. The van der Waals surface area contributed by atoms with E-state index in [2.05, 4.69) is 45.1 Å². The van der Waals surface area contributed by atoms with E-state index in [0.29, 0.717) is 23.0 Å². The number of benzene rings is 2. The Morgan fingerprint density at radius 3 is 2.48 bits per heavy atom. The summed E-state index contributed by atoms with van der Waals surface area (Å²) in [4.78, 5) is 13.8. The summed E-state index contributed by atoms with van der Waals surface area (Å²) in [6, 6.07) is 14.2. The second-order valence-corrected chi connectivity index (χ2v) is 6.94. The Hall–Kier alpha value is -2.97. The molecule has 3 N–H and O–H groups in total. The number of carbonyl (C=O) groups excluding carboxylic acids is 1. The highest BCUT2D eigenvalue weighted by Crippen LogP contribution is 2.17. The first-order chi connectivity index (χ1) is 14.1. The molecule has 3 rings (SSSR count). The standard InChI is InChI=1S/C20H23ClN6O2/c1-2-14-3-5-15(6-4-14)13-18(19-24-26-27(25-19)11-12-28)23-20(29)22-17-9-7-16(21)8-10-17/h3-10,18,28H,2,11-13H2,1H3,(H2,22,23,29)/t18-/m0/s1. The number of carbonyl (C=O) groups is 1. The molecule has 29 heavy (non-hydrogen) atoms. The van der Waals surface area contributed by atoms with Gasteiger partial charge in [0.25, 0.3) is 0 Å². The fraction of sp³-hybridized carbons (Fsp3) is 0.300. The first-order valence-electron chi connectivity index (χ1n) is 9.37. The minimum absolute atomic E-state index is 0.0938. The van der Waals surface area contributed by atoms with Gasteiger partial charge in [0.15, 0.2) is 5.82 Å². The van der Waals surface area contributed by atoms with Crippen LogP contribution in [-0.2, 0) is 19.4 Å². The number of rotatable bonds is 8. The van der Waals surface area contributed by atoms with Gasteiger partial charge >= 0.3 is 6.03 Å². The number of aliphatic hydroxyl groups is 1. The molecule has 0 aliphatic carbocycles. The molecule has 1 atom stereocenters. The average molecular weight is 415 g/mol. The molecule has 0 unspecified atom stereocenters. The van der Waals surface area contributed by atoms with E-state index in [-0.39, 0.29) is 19.2 Å². The zero-order valence-electron chi connectivity index (χ0n) is 16.0. The summed E-state index contributed by atoms with van der Waals surface area (Å²) >= 11 is 5.88. The van der Waals surface area contributed by atoms with Crippen molar-refractivity contribution in [3.63, 3.8) is 0 Å². The first kappa shape index (κ1) is 20.8. The van der Waals surface area contributed by atoms with Gasteiger partial charge in [0.2, 0.25) is 0 Å². The predicted octanol–water partition coefficient (Wildman–Crippen LogP) is 2.99. The number of nitrogens with one attached hydrogen (secondary N) is 2. The fourth-order valence-electron chi connectivity index (χ4n) is 2.79. The maximum absolute atomic E-state index is 12.5. The minimum Gasteiger partial charge on any atom is -0.394 e. The van der Waals surface area contributed by atoms with Crippen LogP contribution in [0.5, 0.6) is 0 Å². The molecule has 152 valence electrons. The van der Waals surface area contributed by atoms with Crippen LogP contribution >= 0.6 is 11.6 Å². The van der Waals surface area contributed by atoms with Crippen LogP contribution in [0.1, 0.15) is 29.9 Å². The van der Waals surface area contributed by atoms with Crippen LogP contribution in [0.3, 0.4) is 0 Å². The van der Waals surface area contributed by atoms with Crippen LogP contribution in [-0.4, -0.2) is 38.0 Å². The summed E-state index contributed by atoms with van der Waals surface area (Å²) in [5.74, 6) is 0.379. The van der Waals surface area contributed by atoms with Gasteiger partial charge in [0.1, 0.15) is 0 Å². The number of hydrogen-bond acceptors (Lipinski definition) is 5. The first-order valence-corrected chi connectivity index (χ1v) is 9.74. The zero-order valence-corrected chi connectivity index (χ0v) is 16.8. The summed E-state index contributed by atoms with van der Waals surface area (Å²) < 4.78 is 0. The van der Waals surface area contributed by atoms with Crippen molar-refractivity contribution in [3.05, 3.63) is 70.5 Å². The normalized spacial score (nSPS) is 11.8. The maximum Gasteiger partial charge on any atom is 0.319 e. The number of aryl methyl sites for hydroxylation is 1. The lowest BCUT2D eigenvalue weighted by Crippen LogP contribution is -2.34. The molecule has 1 aromatic heterocycles. The van der Waals surface area contributed by atoms with Crippen LogP contribution in [0.4, 0.5) is 10.5 Å². The van der Waals surface area contributed by atoms with Crippen molar-refractivity contribution in [1.29, 1.82) is 0 Å². The molecule has 2 aromatic carbocycles. The largest absolute Gasteiger partial charge is 0.394 e. The van der Waals surface area contributed by atoms with Gasteiger partial charge in [0.05, 0.1) is 19.2 Å². The topological polar surface area (TPSA) is 105 Å². The summed E-state index contributed by atoms with van der Waals surface area (Å²) in [7, 11) is 0. The van der Waals surface area contributed by atoms with Crippen LogP contribution in [0, 0.1) is 0 Å². The highest BCUT2D eigenvalue weighted by atomic mass is 35.5. The van der Waals surface area contributed by atoms with Crippen LogP contribution < -0.4 is 10.6 Å². The number of aromatic nitrogens is 4. The second kappa shape index (κ2) is 9.99. The van der Waals surface area contributed by atoms with Crippen LogP contribution in [0.15, 0.2) is 48.5 Å². The summed E-state index contributed by atoms with van der Waals surface area (Å²) in [5.41, 5.74) is 2.90. The molecule has 0 radical (unpaired) electrons. The quantitative estimate of drug-likeness (QED) is 0.525. The third-order valence-corrected chi connectivity index (χ3v) is 4.61. The molecular weight excluding hydrogens is 392 g/mol. The van der Waals surface area contributed by atoms with E-state index in [1.807, 2.05) is 12.1 Å². The van der Waals surface area contributed by atoms with Crippen molar-refractivity contribution in [1.82, 2.24) is 25.5 Å². The van der Waals surface area contributed by atoms with Crippen LogP contribution in [0.25, 0.3) is 0 Å². The van der Waals surface area contributed by atoms with E-state index in [9.17, 15) is 4.79 Å². The van der Waals surface area contributed by atoms with E-state index >= 15 is 0 Å².